The number of hydrogen-bond donors (Lipinski definition) is 1. The minimum Gasteiger partial charge on any atom is -0.475 e. The molecule has 1 unspecified atom stereocenters. The number of aliphatic hydroxyl groups is 1. The minimum absolute atomic E-state index is 0.0770. The van der Waals surface area contributed by atoms with Crippen LogP contribution in [-0.4, -0.2) is 44.3 Å². The van der Waals surface area contributed by atoms with Crippen molar-refractivity contribution >= 4 is 34.1 Å². The molecule has 1 aliphatic heterocycles. The van der Waals surface area contributed by atoms with Crippen molar-refractivity contribution < 1.29 is 14.6 Å². The molecule has 1 aliphatic rings. The third-order valence-corrected chi connectivity index (χ3v) is 5.52. The lowest BCUT2D eigenvalue weighted by Gasteiger charge is -2.28. The molecule has 8 heteroatoms. The van der Waals surface area contributed by atoms with E-state index in [-0.39, 0.29) is 28.5 Å². The van der Waals surface area contributed by atoms with Crippen LogP contribution < -0.4 is 9.64 Å². The molecular formula is C20H21ClN4O3. The molecule has 146 valence electrons. The van der Waals surface area contributed by atoms with E-state index >= 15 is 0 Å². The zero-order valence-corrected chi connectivity index (χ0v) is 16.6. The molecule has 2 aromatic heterocycles. The van der Waals surface area contributed by atoms with Gasteiger partial charge in [-0.1, -0.05) is 11.6 Å². The van der Waals surface area contributed by atoms with Crippen LogP contribution in [0.5, 0.6) is 5.88 Å². The highest BCUT2D eigenvalue weighted by atomic mass is 35.5. The van der Waals surface area contributed by atoms with Crippen LogP contribution in [0.1, 0.15) is 37.2 Å². The highest BCUT2D eigenvalue weighted by molar-refractivity contribution is 6.33. The predicted molar refractivity (Wildman–Crippen MR) is 107 cm³/mol. The fourth-order valence-corrected chi connectivity index (χ4v) is 3.56. The maximum atomic E-state index is 13.1. The molecule has 1 aromatic carbocycles. The molecule has 3 heterocycles. The molecule has 0 radical (unpaired) electrons. The predicted octanol–water partition coefficient (Wildman–Crippen LogP) is 3.46. The van der Waals surface area contributed by atoms with E-state index in [4.69, 9.17) is 16.3 Å². The van der Waals surface area contributed by atoms with Gasteiger partial charge in [0, 0.05) is 22.8 Å². The fraction of sp³-hybridized carbons (Fsp3) is 0.350. The van der Waals surface area contributed by atoms with Gasteiger partial charge in [0.1, 0.15) is 23.7 Å². The van der Waals surface area contributed by atoms with Crippen LogP contribution in [0.2, 0.25) is 5.15 Å². The zero-order chi connectivity index (χ0) is 20.1. The summed E-state index contributed by atoms with van der Waals surface area (Å²) in [5.41, 5.74) is 1.04. The van der Waals surface area contributed by atoms with Crippen molar-refractivity contribution in [3.05, 3.63) is 47.5 Å². The molecule has 0 saturated carbocycles. The summed E-state index contributed by atoms with van der Waals surface area (Å²) in [6.07, 6.45) is 3.23. The number of hydrogen-bond acceptors (Lipinski definition) is 5. The molecule has 0 aliphatic carbocycles. The van der Waals surface area contributed by atoms with Crippen molar-refractivity contribution in [3.8, 4) is 5.88 Å². The van der Waals surface area contributed by atoms with Gasteiger partial charge in [-0.15, -0.1) is 0 Å². The second-order valence-corrected chi connectivity index (χ2v) is 7.80. The van der Waals surface area contributed by atoms with Gasteiger partial charge in [-0.05, 0) is 45.0 Å². The Morgan fingerprint density at radius 3 is 2.82 bits per heavy atom. The van der Waals surface area contributed by atoms with Crippen molar-refractivity contribution in [2.45, 2.75) is 32.4 Å². The van der Waals surface area contributed by atoms with Crippen LogP contribution in [0, 0.1) is 0 Å². The third kappa shape index (κ3) is 3.10. The number of nitrogens with zero attached hydrogens (tertiary/aromatic N) is 4. The van der Waals surface area contributed by atoms with Crippen LogP contribution in [0.25, 0.3) is 10.9 Å². The Morgan fingerprint density at radius 1 is 1.29 bits per heavy atom. The molecule has 1 N–H and O–H groups in total. The number of fused-ring (bicyclic) bond motifs is 2. The number of carbonyl (C=O) groups excluding carboxylic acids is 1. The number of carbonyl (C=O) groups is 1. The van der Waals surface area contributed by atoms with Gasteiger partial charge in [-0.3, -0.25) is 4.79 Å². The summed E-state index contributed by atoms with van der Waals surface area (Å²) in [5, 5.41) is 11.4. The van der Waals surface area contributed by atoms with Crippen LogP contribution in [0.15, 0.2) is 36.8 Å². The topological polar surface area (TPSA) is 80.5 Å². The monoisotopic (exact) mass is 400 g/mol. The van der Waals surface area contributed by atoms with Gasteiger partial charge in [0.25, 0.3) is 5.91 Å². The van der Waals surface area contributed by atoms with Crippen molar-refractivity contribution in [1.82, 2.24) is 14.5 Å². The highest BCUT2D eigenvalue weighted by Gasteiger charge is 2.29. The summed E-state index contributed by atoms with van der Waals surface area (Å²) >= 11 is 6.13. The summed E-state index contributed by atoms with van der Waals surface area (Å²) in [7, 11) is 0. The lowest BCUT2D eigenvalue weighted by Crippen LogP contribution is -2.32. The highest BCUT2D eigenvalue weighted by Crippen LogP contribution is 2.32. The Kier molecular flexibility index (Phi) is 4.51. The van der Waals surface area contributed by atoms with Gasteiger partial charge < -0.3 is 19.3 Å². The second kappa shape index (κ2) is 6.76. The fourth-order valence-electron chi connectivity index (χ4n) is 3.35. The first kappa shape index (κ1) is 18.7. The zero-order valence-electron chi connectivity index (χ0n) is 15.9. The van der Waals surface area contributed by atoms with Gasteiger partial charge >= 0.3 is 0 Å². The Balaban J connectivity index is 1.74. The van der Waals surface area contributed by atoms with Gasteiger partial charge in [0.2, 0.25) is 5.88 Å². The van der Waals surface area contributed by atoms with E-state index in [1.165, 1.54) is 6.33 Å². The van der Waals surface area contributed by atoms with E-state index in [9.17, 15) is 9.90 Å². The quantitative estimate of drug-likeness (QED) is 0.681. The van der Waals surface area contributed by atoms with Gasteiger partial charge in [-0.2, -0.15) is 0 Å². The number of aromatic nitrogens is 3. The van der Waals surface area contributed by atoms with E-state index in [0.717, 1.165) is 16.6 Å². The van der Waals surface area contributed by atoms with E-state index in [2.05, 4.69) is 9.97 Å². The second-order valence-electron chi connectivity index (χ2n) is 7.45. The van der Waals surface area contributed by atoms with E-state index in [1.807, 2.05) is 42.0 Å². The minimum atomic E-state index is -0.858. The number of benzene rings is 1. The summed E-state index contributed by atoms with van der Waals surface area (Å²) < 4.78 is 7.62. The lowest BCUT2D eigenvalue weighted by molar-refractivity contribution is 0.0322. The van der Waals surface area contributed by atoms with Gasteiger partial charge in [0.05, 0.1) is 18.2 Å². The SMILES string of the molecule is CC(n1ccc2cc(N3CCOc4ncnc(Cl)c4C3=O)ccc21)C(C)(C)O. The molecule has 1 amide bonds. The smallest absolute Gasteiger partial charge is 0.267 e. The Hall–Kier alpha value is -2.64. The van der Waals surface area contributed by atoms with Crippen LogP contribution in [-0.2, 0) is 0 Å². The summed E-state index contributed by atoms with van der Waals surface area (Å²) in [6.45, 7) is 6.23. The molecule has 7 nitrogen and oxygen atoms in total. The average Bonchev–Trinajstić information content (AvgIpc) is 2.98. The molecule has 3 aromatic rings. The third-order valence-electron chi connectivity index (χ3n) is 5.23. The first-order valence-corrected chi connectivity index (χ1v) is 9.43. The van der Waals surface area contributed by atoms with Crippen LogP contribution >= 0.6 is 11.6 Å². The normalized spacial score (nSPS) is 15.9. The van der Waals surface area contributed by atoms with Crippen LogP contribution in [0.4, 0.5) is 5.69 Å². The Bertz CT molecular complexity index is 1060. The first-order valence-electron chi connectivity index (χ1n) is 9.05. The molecule has 0 saturated heterocycles. The van der Waals surface area contributed by atoms with Gasteiger partial charge in [0.15, 0.2) is 0 Å². The number of halogens is 1. The maximum absolute atomic E-state index is 13.1. The number of anilines is 1. The largest absolute Gasteiger partial charge is 0.475 e. The number of ether oxygens (including phenoxy) is 1. The van der Waals surface area contributed by atoms with E-state index in [1.54, 1.807) is 18.7 Å². The molecule has 28 heavy (non-hydrogen) atoms. The number of amides is 1. The molecule has 4 rings (SSSR count). The molecule has 0 bridgehead atoms. The lowest BCUT2D eigenvalue weighted by atomic mass is 10.0. The van der Waals surface area contributed by atoms with Crippen molar-refractivity contribution in [1.29, 1.82) is 0 Å². The van der Waals surface area contributed by atoms with Crippen molar-refractivity contribution in [2.75, 3.05) is 18.1 Å². The van der Waals surface area contributed by atoms with Crippen LogP contribution in [0.3, 0.4) is 0 Å². The molecule has 0 spiro atoms. The van der Waals surface area contributed by atoms with Crippen molar-refractivity contribution in [2.24, 2.45) is 0 Å². The number of rotatable bonds is 3. The molecule has 1 atom stereocenters. The average molecular weight is 401 g/mol. The standard InChI is InChI=1S/C20H21ClN4O3/c1-12(20(2,3)27)24-7-6-13-10-14(4-5-15(13)24)25-8-9-28-18-16(19(25)26)17(21)22-11-23-18/h4-7,10-12,27H,8-9H2,1-3H3. The van der Waals surface area contributed by atoms with Gasteiger partial charge in [-0.25, -0.2) is 9.97 Å². The van der Waals surface area contributed by atoms with E-state index in [0.29, 0.717) is 13.2 Å². The van der Waals surface area contributed by atoms with Crippen molar-refractivity contribution in [3.63, 3.8) is 0 Å². The maximum Gasteiger partial charge on any atom is 0.267 e. The summed E-state index contributed by atoms with van der Waals surface area (Å²) in [4.78, 5) is 22.6. The molecule has 0 fully saturated rings. The first-order chi connectivity index (χ1) is 13.3. The van der Waals surface area contributed by atoms with E-state index < -0.39 is 5.60 Å². The summed E-state index contributed by atoms with van der Waals surface area (Å²) in [6, 6.07) is 7.66. The Labute approximate surface area is 167 Å². The summed E-state index contributed by atoms with van der Waals surface area (Å²) in [5.74, 6) is -0.0829. The molecular weight excluding hydrogens is 380 g/mol. The Morgan fingerprint density at radius 2 is 2.07 bits per heavy atom.